The Morgan fingerprint density at radius 2 is 2.11 bits per heavy atom. The molecule has 0 spiro atoms. The van der Waals surface area contributed by atoms with Gasteiger partial charge in [-0.25, -0.2) is 4.98 Å². The molecule has 0 aliphatic heterocycles. The summed E-state index contributed by atoms with van der Waals surface area (Å²) in [6.45, 7) is 3.96. The van der Waals surface area contributed by atoms with Crippen LogP contribution in [-0.4, -0.2) is 4.98 Å². The van der Waals surface area contributed by atoms with Gasteiger partial charge in [-0.1, -0.05) is 17.7 Å². The minimum atomic E-state index is 0.494. The molecule has 0 amide bonds. The van der Waals surface area contributed by atoms with E-state index in [2.05, 4.69) is 16.4 Å². The number of nitrogens with zero attached hydrogens (tertiary/aromatic N) is 2. The number of anilines is 2. The van der Waals surface area contributed by atoms with E-state index in [0.29, 0.717) is 16.4 Å². The van der Waals surface area contributed by atoms with Crippen molar-refractivity contribution in [3.63, 3.8) is 0 Å². The number of aromatic nitrogens is 1. The van der Waals surface area contributed by atoms with Crippen LogP contribution in [0.4, 0.5) is 11.5 Å². The van der Waals surface area contributed by atoms with E-state index >= 15 is 0 Å². The molecular weight excluding hydrogens is 246 g/mol. The summed E-state index contributed by atoms with van der Waals surface area (Å²) in [6, 6.07) is 9.45. The third-order valence-electron chi connectivity index (χ3n) is 2.60. The molecule has 0 unspecified atom stereocenters. The molecule has 1 aromatic carbocycles. The molecule has 0 aliphatic rings. The summed E-state index contributed by atoms with van der Waals surface area (Å²) in [5.74, 6) is 0.522. The van der Waals surface area contributed by atoms with E-state index in [1.54, 1.807) is 18.3 Å². The number of hydrogen-bond acceptors (Lipinski definition) is 3. The number of nitriles is 1. The average Bonchev–Trinajstić information content (AvgIpc) is 2.34. The van der Waals surface area contributed by atoms with Gasteiger partial charge in [-0.3, -0.25) is 0 Å². The van der Waals surface area contributed by atoms with Crippen molar-refractivity contribution < 1.29 is 0 Å². The van der Waals surface area contributed by atoms with E-state index in [9.17, 15) is 0 Å². The van der Waals surface area contributed by atoms with E-state index in [4.69, 9.17) is 16.9 Å². The van der Waals surface area contributed by atoms with Crippen LogP contribution in [-0.2, 0) is 0 Å². The molecule has 0 radical (unpaired) electrons. The van der Waals surface area contributed by atoms with Crippen molar-refractivity contribution in [2.45, 2.75) is 13.8 Å². The third kappa shape index (κ3) is 2.44. The molecular formula is C14H12ClN3. The summed E-state index contributed by atoms with van der Waals surface area (Å²) in [7, 11) is 0. The van der Waals surface area contributed by atoms with Gasteiger partial charge in [0.1, 0.15) is 11.9 Å². The van der Waals surface area contributed by atoms with Gasteiger partial charge in [0.2, 0.25) is 0 Å². The fraction of sp³-hybridized carbons (Fsp3) is 0.143. The first kappa shape index (κ1) is 12.4. The monoisotopic (exact) mass is 257 g/mol. The molecule has 1 heterocycles. The number of aryl methyl sites for hydroxylation is 2. The Morgan fingerprint density at radius 3 is 2.78 bits per heavy atom. The van der Waals surface area contributed by atoms with Gasteiger partial charge in [-0.15, -0.1) is 0 Å². The summed E-state index contributed by atoms with van der Waals surface area (Å²) in [5.41, 5.74) is 3.41. The predicted octanol–water partition coefficient (Wildman–Crippen LogP) is 3.97. The zero-order valence-electron chi connectivity index (χ0n) is 10.2. The molecule has 4 heteroatoms. The number of rotatable bonds is 2. The van der Waals surface area contributed by atoms with E-state index in [0.717, 1.165) is 16.8 Å². The lowest BCUT2D eigenvalue weighted by atomic mass is 10.1. The summed E-state index contributed by atoms with van der Waals surface area (Å²) >= 11 is 6.21. The Bertz CT molecular complexity index is 606. The lowest BCUT2D eigenvalue weighted by Crippen LogP contribution is -1.99. The quantitative estimate of drug-likeness (QED) is 0.886. The Kier molecular flexibility index (Phi) is 3.50. The Labute approximate surface area is 111 Å². The SMILES string of the molecule is Cc1cc(C)c(Nc2ncccc2C#N)c(Cl)c1. The maximum absolute atomic E-state index is 9.02. The molecule has 0 saturated heterocycles. The van der Waals surface area contributed by atoms with Crippen LogP contribution < -0.4 is 5.32 Å². The fourth-order valence-corrected chi connectivity index (χ4v) is 2.16. The van der Waals surface area contributed by atoms with Crippen LogP contribution in [0, 0.1) is 25.2 Å². The van der Waals surface area contributed by atoms with Crippen LogP contribution in [0.15, 0.2) is 30.5 Å². The van der Waals surface area contributed by atoms with Crippen LogP contribution >= 0.6 is 11.6 Å². The molecule has 1 aromatic heterocycles. The number of nitrogens with one attached hydrogen (secondary N) is 1. The largest absolute Gasteiger partial charge is 0.338 e. The highest BCUT2D eigenvalue weighted by Gasteiger charge is 2.09. The highest BCUT2D eigenvalue weighted by atomic mass is 35.5. The highest BCUT2D eigenvalue weighted by molar-refractivity contribution is 6.33. The van der Waals surface area contributed by atoms with Gasteiger partial charge in [0.15, 0.2) is 0 Å². The normalized spacial score (nSPS) is 9.89. The number of benzene rings is 1. The summed E-state index contributed by atoms with van der Waals surface area (Å²) in [5, 5.41) is 12.8. The van der Waals surface area contributed by atoms with E-state index < -0.39 is 0 Å². The second-order valence-electron chi connectivity index (χ2n) is 4.08. The molecule has 0 atom stereocenters. The second-order valence-corrected chi connectivity index (χ2v) is 4.48. The van der Waals surface area contributed by atoms with Gasteiger partial charge in [-0.05, 0) is 43.2 Å². The Morgan fingerprint density at radius 1 is 1.33 bits per heavy atom. The molecule has 1 N–H and O–H groups in total. The zero-order chi connectivity index (χ0) is 13.1. The minimum absolute atomic E-state index is 0.494. The molecule has 90 valence electrons. The van der Waals surface area contributed by atoms with E-state index in [1.165, 1.54) is 0 Å². The lowest BCUT2D eigenvalue weighted by Gasteiger charge is -2.12. The van der Waals surface area contributed by atoms with Crippen LogP contribution in [0.3, 0.4) is 0 Å². The van der Waals surface area contributed by atoms with Crippen molar-refractivity contribution >= 4 is 23.1 Å². The standard InChI is InChI=1S/C14H12ClN3/c1-9-6-10(2)13(12(15)7-9)18-14-11(8-16)4-3-5-17-14/h3-7H,1-2H3,(H,17,18). The number of hydrogen-bond donors (Lipinski definition) is 1. The summed E-state index contributed by atoms with van der Waals surface area (Å²) in [4.78, 5) is 4.16. The van der Waals surface area contributed by atoms with Gasteiger partial charge in [-0.2, -0.15) is 5.26 Å². The first-order valence-electron chi connectivity index (χ1n) is 5.50. The van der Waals surface area contributed by atoms with Gasteiger partial charge in [0.25, 0.3) is 0 Å². The maximum atomic E-state index is 9.02. The van der Waals surface area contributed by atoms with E-state index in [1.807, 2.05) is 26.0 Å². The summed E-state index contributed by atoms with van der Waals surface area (Å²) in [6.07, 6.45) is 1.64. The molecule has 18 heavy (non-hydrogen) atoms. The van der Waals surface area contributed by atoms with Gasteiger partial charge in [0, 0.05) is 6.20 Å². The number of pyridine rings is 1. The van der Waals surface area contributed by atoms with Gasteiger partial charge in [0.05, 0.1) is 16.3 Å². The Hall–Kier alpha value is -2.05. The molecule has 0 saturated carbocycles. The van der Waals surface area contributed by atoms with Crippen molar-refractivity contribution in [2.75, 3.05) is 5.32 Å². The van der Waals surface area contributed by atoms with Gasteiger partial charge < -0.3 is 5.32 Å². The van der Waals surface area contributed by atoms with E-state index in [-0.39, 0.29) is 0 Å². The molecule has 0 bridgehead atoms. The van der Waals surface area contributed by atoms with Crippen LogP contribution in [0.2, 0.25) is 5.02 Å². The molecule has 0 fully saturated rings. The topological polar surface area (TPSA) is 48.7 Å². The number of halogens is 1. The fourth-order valence-electron chi connectivity index (χ4n) is 1.79. The third-order valence-corrected chi connectivity index (χ3v) is 2.90. The van der Waals surface area contributed by atoms with Crippen molar-refractivity contribution in [3.05, 3.63) is 52.2 Å². The van der Waals surface area contributed by atoms with Gasteiger partial charge >= 0.3 is 0 Å². The molecule has 3 nitrogen and oxygen atoms in total. The Balaban J connectivity index is 2.44. The highest BCUT2D eigenvalue weighted by Crippen LogP contribution is 2.30. The predicted molar refractivity (Wildman–Crippen MR) is 73.2 cm³/mol. The van der Waals surface area contributed by atoms with Crippen molar-refractivity contribution in [3.8, 4) is 6.07 Å². The maximum Gasteiger partial charge on any atom is 0.148 e. The second kappa shape index (κ2) is 5.07. The first-order valence-corrected chi connectivity index (χ1v) is 5.88. The van der Waals surface area contributed by atoms with Crippen LogP contribution in [0.5, 0.6) is 0 Å². The zero-order valence-corrected chi connectivity index (χ0v) is 10.9. The smallest absolute Gasteiger partial charge is 0.148 e. The van der Waals surface area contributed by atoms with Crippen molar-refractivity contribution in [2.24, 2.45) is 0 Å². The lowest BCUT2D eigenvalue weighted by molar-refractivity contribution is 1.27. The van der Waals surface area contributed by atoms with Crippen LogP contribution in [0.25, 0.3) is 0 Å². The van der Waals surface area contributed by atoms with Crippen molar-refractivity contribution in [1.29, 1.82) is 5.26 Å². The van der Waals surface area contributed by atoms with Crippen molar-refractivity contribution in [1.82, 2.24) is 4.98 Å². The molecule has 2 aromatic rings. The molecule has 0 aliphatic carbocycles. The summed E-state index contributed by atoms with van der Waals surface area (Å²) < 4.78 is 0. The molecule has 2 rings (SSSR count). The first-order chi connectivity index (χ1) is 8.61. The minimum Gasteiger partial charge on any atom is -0.338 e. The average molecular weight is 258 g/mol. The van der Waals surface area contributed by atoms with Crippen LogP contribution in [0.1, 0.15) is 16.7 Å².